The summed E-state index contributed by atoms with van der Waals surface area (Å²) < 4.78 is 2.98. The number of carbonyl (C=O) groups is 2. The second kappa shape index (κ2) is 14.0. The van der Waals surface area contributed by atoms with Gasteiger partial charge in [0.1, 0.15) is 0 Å². The number of hydrogen-bond donors (Lipinski definition) is 4. The third kappa shape index (κ3) is 8.82. The molecule has 2 amide bonds. The highest BCUT2D eigenvalue weighted by Crippen LogP contribution is 2.21. The lowest BCUT2D eigenvalue weighted by Gasteiger charge is -2.29. The summed E-state index contributed by atoms with van der Waals surface area (Å²) in [5, 5.41) is 9.23. The fourth-order valence-electron chi connectivity index (χ4n) is 3.57. The first kappa shape index (κ1) is 25.1. The molecule has 9 heteroatoms. The van der Waals surface area contributed by atoms with E-state index in [4.69, 9.17) is 10.9 Å². The summed E-state index contributed by atoms with van der Waals surface area (Å²) >= 11 is 1.13. The number of benzene rings is 1. The number of likely N-dealkylation sites (N-methyl/N-ethyl adjacent to an activating group) is 1. The van der Waals surface area contributed by atoms with Crippen LogP contribution in [0.5, 0.6) is 0 Å². The number of piperidine rings is 1. The number of fused-ring (bicyclic) bond motifs is 1. The highest BCUT2D eigenvalue weighted by atomic mass is 32.2. The van der Waals surface area contributed by atoms with E-state index in [0.29, 0.717) is 6.42 Å². The minimum absolute atomic E-state index is 0.00579. The minimum atomic E-state index is -0.179. The molecule has 2 heterocycles. The quantitative estimate of drug-likeness (QED) is 0.345. The number of para-hydroxylation sites is 1. The van der Waals surface area contributed by atoms with Gasteiger partial charge in [-0.2, -0.15) is 0 Å². The lowest BCUT2D eigenvalue weighted by Crippen LogP contribution is -2.45. The van der Waals surface area contributed by atoms with Crippen molar-refractivity contribution in [1.82, 2.24) is 14.6 Å². The fraction of sp³-hybridized carbons (Fsp3) is 0.500. The van der Waals surface area contributed by atoms with Crippen molar-refractivity contribution in [2.75, 3.05) is 25.5 Å². The number of hydrogen-bond acceptors (Lipinski definition) is 7. The number of unbranched alkanes of at least 4 members (excludes halogenated alkanes) is 2. The second-order valence-electron chi connectivity index (χ2n) is 7.65. The predicted molar refractivity (Wildman–Crippen MR) is 128 cm³/mol. The molecule has 0 spiro atoms. The molecular formula is C22H34N6O2S. The Bertz CT molecular complexity index is 829. The van der Waals surface area contributed by atoms with E-state index in [1.807, 2.05) is 42.3 Å². The number of carbonyl (C=O) groups excluding carboxylic acids is 2. The Kier molecular flexibility index (Phi) is 11.3. The molecule has 0 bridgehead atoms. The minimum Gasteiger partial charge on any atom is -0.368 e. The van der Waals surface area contributed by atoms with Gasteiger partial charge in [0.05, 0.1) is 17.2 Å². The summed E-state index contributed by atoms with van der Waals surface area (Å²) in [5.41, 5.74) is 6.79. The first-order valence-electron chi connectivity index (χ1n) is 10.7. The van der Waals surface area contributed by atoms with Crippen LogP contribution >= 0.6 is 12.1 Å². The molecule has 1 unspecified atom stereocenters. The van der Waals surface area contributed by atoms with E-state index in [-0.39, 0.29) is 17.9 Å². The summed E-state index contributed by atoms with van der Waals surface area (Å²) in [4.78, 5) is 29.1. The van der Waals surface area contributed by atoms with Gasteiger partial charge in [-0.05, 0) is 51.4 Å². The van der Waals surface area contributed by atoms with Crippen LogP contribution in [0.25, 0.3) is 10.9 Å². The number of likely N-dealkylation sites (tertiary alicyclic amines) is 1. The standard InChI is InChI=1S/C15H20N4OS.C7H14N2O/c16-21-18-11-3-1-2-9-14(20)19-13-8-4-6-12-7-5-10-17-15(12)13;1-9-5-3-2-4-6(9)7(8)10/h4-8,10,18H,1-3,9,11,16H2,(H,19,20);6H,2-5H2,1H3,(H2,8,10). The summed E-state index contributed by atoms with van der Waals surface area (Å²) in [6, 6.07) is 9.67. The van der Waals surface area contributed by atoms with E-state index < -0.39 is 0 Å². The molecule has 2 aromatic rings. The Morgan fingerprint density at radius 3 is 2.71 bits per heavy atom. The highest BCUT2D eigenvalue weighted by molar-refractivity contribution is 7.95. The summed E-state index contributed by atoms with van der Waals surface area (Å²) in [6.07, 6.45) is 8.44. The van der Waals surface area contributed by atoms with Gasteiger partial charge in [0.25, 0.3) is 0 Å². The number of anilines is 1. The molecule has 0 saturated carbocycles. The molecule has 6 N–H and O–H groups in total. The molecule has 1 saturated heterocycles. The Balaban J connectivity index is 0.000000285. The summed E-state index contributed by atoms with van der Waals surface area (Å²) in [7, 11) is 1.95. The van der Waals surface area contributed by atoms with Crippen LogP contribution in [0.4, 0.5) is 5.69 Å². The summed E-state index contributed by atoms with van der Waals surface area (Å²) in [6.45, 7) is 1.88. The zero-order valence-electron chi connectivity index (χ0n) is 18.2. The van der Waals surface area contributed by atoms with Crippen molar-refractivity contribution in [3.63, 3.8) is 0 Å². The van der Waals surface area contributed by atoms with E-state index in [2.05, 4.69) is 15.0 Å². The third-order valence-corrected chi connectivity index (χ3v) is 5.64. The van der Waals surface area contributed by atoms with Crippen LogP contribution in [-0.2, 0) is 9.59 Å². The van der Waals surface area contributed by atoms with Crippen molar-refractivity contribution < 1.29 is 9.59 Å². The lowest BCUT2D eigenvalue weighted by molar-refractivity contribution is -0.123. The molecule has 1 aromatic heterocycles. The number of amides is 2. The van der Waals surface area contributed by atoms with Crippen molar-refractivity contribution in [2.45, 2.75) is 51.0 Å². The molecule has 0 aliphatic carbocycles. The molecule has 1 aliphatic rings. The van der Waals surface area contributed by atoms with E-state index in [0.717, 1.165) is 73.9 Å². The largest absolute Gasteiger partial charge is 0.368 e. The van der Waals surface area contributed by atoms with Crippen LogP contribution in [0.1, 0.15) is 44.9 Å². The topological polar surface area (TPSA) is 126 Å². The zero-order valence-corrected chi connectivity index (χ0v) is 19.0. The number of rotatable bonds is 9. The van der Waals surface area contributed by atoms with Gasteiger partial charge < -0.3 is 11.1 Å². The van der Waals surface area contributed by atoms with Crippen molar-refractivity contribution >= 4 is 40.5 Å². The number of primary amides is 1. The monoisotopic (exact) mass is 446 g/mol. The summed E-state index contributed by atoms with van der Waals surface area (Å²) in [5.74, 6) is -0.142. The van der Waals surface area contributed by atoms with Crippen LogP contribution in [-0.4, -0.2) is 47.9 Å². The molecule has 0 radical (unpaired) electrons. The highest BCUT2D eigenvalue weighted by Gasteiger charge is 2.22. The predicted octanol–water partition coefficient (Wildman–Crippen LogP) is 2.80. The first-order chi connectivity index (χ1) is 15.0. The van der Waals surface area contributed by atoms with E-state index in [9.17, 15) is 9.59 Å². The molecule has 8 nitrogen and oxygen atoms in total. The van der Waals surface area contributed by atoms with Gasteiger partial charge in [0.2, 0.25) is 11.8 Å². The van der Waals surface area contributed by atoms with Crippen LogP contribution in [0, 0.1) is 0 Å². The lowest BCUT2D eigenvalue weighted by atomic mass is 10.0. The average molecular weight is 447 g/mol. The van der Waals surface area contributed by atoms with Gasteiger partial charge in [0.15, 0.2) is 0 Å². The molecule has 3 rings (SSSR count). The molecule has 31 heavy (non-hydrogen) atoms. The van der Waals surface area contributed by atoms with Crippen molar-refractivity contribution in [3.05, 3.63) is 36.5 Å². The van der Waals surface area contributed by atoms with E-state index in [1.54, 1.807) is 6.20 Å². The van der Waals surface area contributed by atoms with E-state index in [1.165, 1.54) is 6.42 Å². The van der Waals surface area contributed by atoms with Gasteiger partial charge in [-0.25, -0.2) is 0 Å². The van der Waals surface area contributed by atoms with Gasteiger partial charge in [-0.3, -0.25) is 29.3 Å². The Morgan fingerprint density at radius 1 is 1.19 bits per heavy atom. The van der Waals surface area contributed by atoms with Gasteiger partial charge >= 0.3 is 0 Å². The van der Waals surface area contributed by atoms with Crippen molar-refractivity contribution in [1.29, 1.82) is 0 Å². The maximum Gasteiger partial charge on any atom is 0.234 e. The van der Waals surface area contributed by atoms with Crippen LogP contribution in [0.15, 0.2) is 36.5 Å². The number of nitrogens with two attached hydrogens (primary N) is 2. The Labute approximate surface area is 188 Å². The fourth-order valence-corrected chi connectivity index (χ4v) is 3.83. The zero-order chi connectivity index (χ0) is 22.5. The van der Waals surface area contributed by atoms with Crippen LogP contribution in [0.2, 0.25) is 0 Å². The average Bonchev–Trinajstić information content (AvgIpc) is 2.77. The van der Waals surface area contributed by atoms with Gasteiger partial charge in [0, 0.05) is 36.7 Å². The van der Waals surface area contributed by atoms with Gasteiger partial charge in [-0.1, -0.05) is 31.0 Å². The SMILES string of the molecule is CN1CCCCC1C(N)=O.NSNCCCCCC(=O)Nc1cccc2cccnc12. The van der Waals surface area contributed by atoms with Crippen molar-refractivity contribution in [3.8, 4) is 0 Å². The Morgan fingerprint density at radius 2 is 2.00 bits per heavy atom. The van der Waals surface area contributed by atoms with Gasteiger partial charge in [-0.15, -0.1) is 0 Å². The van der Waals surface area contributed by atoms with Crippen LogP contribution in [0.3, 0.4) is 0 Å². The molecule has 1 aliphatic heterocycles. The molecule has 1 aromatic carbocycles. The molecular weight excluding hydrogens is 412 g/mol. The second-order valence-corrected chi connectivity index (χ2v) is 8.17. The van der Waals surface area contributed by atoms with Crippen molar-refractivity contribution in [2.24, 2.45) is 10.9 Å². The molecule has 1 fully saturated rings. The smallest absolute Gasteiger partial charge is 0.234 e. The first-order valence-corrected chi connectivity index (χ1v) is 11.6. The number of nitrogens with one attached hydrogen (secondary N) is 2. The number of nitrogens with zero attached hydrogens (tertiary/aromatic N) is 2. The van der Waals surface area contributed by atoms with Crippen LogP contribution < -0.4 is 20.9 Å². The maximum atomic E-state index is 12.0. The maximum absolute atomic E-state index is 12.0. The third-order valence-electron chi connectivity index (χ3n) is 5.27. The molecule has 1 atom stereocenters. The number of pyridine rings is 1. The Hall–Kier alpha value is -2.20. The normalized spacial score (nSPS) is 16.4. The van der Waals surface area contributed by atoms with E-state index >= 15 is 0 Å². The molecule has 170 valence electrons. The number of aromatic nitrogens is 1.